The van der Waals surface area contributed by atoms with Crippen LogP contribution in [0.15, 0.2) is 24.5 Å². The van der Waals surface area contributed by atoms with Crippen molar-refractivity contribution in [1.29, 1.82) is 0 Å². The van der Waals surface area contributed by atoms with E-state index in [0.717, 1.165) is 60.7 Å². The molecule has 1 aliphatic rings. The van der Waals surface area contributed by atoms with E-state index >= 15 is 0 Å². The SMILES string of the molecule is COC(=O)N[C@H](C(=O)N[C@@H](C[Si](C)C)c1ncc(-c2nc3cc4sc(-c5cnc(C6CCCN6C(=O)[C@@H](NC(=O)OC)C(C)C)[nH]5)nc4cc3s2)[nH]1)C(C)C. The van der Waals surface area contributed by atoms with Crippen molar-refractivity contribution in [2.24, 2.45) is 11.8 Å². The zero-order valence-electron chi connectivity index (χ0n) is 32.1. The summed E-state index contributed by atoms with van der Waals surface area (Å²) in [6.45, 7) is 12.4. The Morgan fingerprint density at radius 2 is 1.42 bits per heavy atom. The van der Waals surface area contributed by atoms with Crippen LogP contribution in [0, 0.1) is 11.8 Å². The van der Waals surface area contributed by atoms with Gasteiger partial charge in [-0.3, -0.25) is 9.59 Å². The lowest BCUT2D eigenvalue weighted by Gasteiger charge is -2.29. The van der Waals surface area contributed by atoms with Gasteiger partial charge in [-0.1, -0.05) is 40.8 Å². The lowest BCUT2D eigenvalue weighted by Crippen LogP contribution is -2.51. The van der Waals surface area contributed by atoms with Gasteiger partial charge in [-0.2, -0.15) is 0 Å². The molecular weight excluding hydrogens is 761 g/mol. The monoisotopic (exact) mass is 807 g/mol. The Morgan fingerprint density at radius 3 is 1.98 bits per heavy atom. The Morgan fingerprint density at radius 1 is 0.855 bits per heavy atom. The second-order valence-electron chi connectivity index (χ2n) is 14.6. The number of ether oxygens (including phenoxy) is 2. The minimum atomic E-state index is -0.776. The van der Waals surface area contributed by atoms with E-state index in [1.54, 1.807) is 17.3 Å². The number of aromatic nitrogens is 6. The average molecular weight is 808 g/mol. The van der Waals surface area contributed by atoms with E-state index in [4.69, 9.17) is 19.4 Å². The Hall–Kier alpha value is -4.88. The number of fused-ring (bicyclic) bond motifs is 2. The van der Waals surface area contributed by atoms with Crippen molar-refractivity contribution in [3.63, 3.8) is 0 Å². The maximum atomic E-state index is 13.6. The van der Waals surface area contributed by atoms with E-state index in [1.807, 2.05) is 39.8 Å². The molecule has 0 saturated carbocycles. The van der Waals surface area contributed by atoms with E-state index in [2.05, 4.69) is 49.0 Å². The number of hydrogen-bond donors (Lipinski definition) is 5. The molecule has 19 heteroatoms. The van der Waals surface area contributed by atoms with Gasteiger partial charge in [0.1, 0.15) is 33.7 Å². The number of nitrogens with zero attached hydrogens (tertiary/aromatic N) is 5. The molecule has 1 aromatic carbocycles. The fourth-order valence-electron chi connectivity index (χ4n) is 6.62. The van der Waals surface area contributed by atoms with Crippen molar-refractivity contribution in [3.8, 4) is 21.4 Å². The lowest BCUT2D eigenvalue weighted by molar-refractivity contribution is -0.135. The van der Waals surface area contributed by atoms with E-state index < -0.39 is 33.1 Å². The number of amides is 4. The predicted molar refractivity (Wildman–Crippen MR) is 213 cm³/mol. The zero-order chi connectivity index (χ0) is 39.6. The number of thiazole rings is 2. The normalized spacial score (nSPS) is 16.2. The number of carbonyl (C=O) groups is 4. The van der Waals surface area contributed by atoms with Crippen molar-refractivity contribution < 1.29 is 28.7 Å². The molecule has 1 aliphatic heterocycles. The van der Waals surface area contributed by atoms with Crippen LogP contribution in [0.2, 0.25) is 19.1 Å². The molecule has 5 heterocycles. The summed E-state index contributed by atoms with van der Waals surface area (Å²) in [5.74, 6) is 0.577. The minimum Gasteiger partial charge on any atom is -0.453 e. The molecule has 0 spiro atoms. The van der Waals surface area contributed by atoms with Crippen LogP contribution < -0.4 is 16.0 Å². The highest BCUT2D eigenvalue weighted by Crippen LogP contribution is 2.38. The maximum Gasteiger partial charge on any atom is 0.407 e. The van der Waals surface area contributed by atoms with Crippen LogP contribution in [-0.2, 0) is 19.1 Å². The molecule has 4 amide bonds. The maximum absolute atomic E-state index is 13.6. The van der Waals surface area contributed by atoms with Crippen molar-refractivity contribution in [3.05, 3.63) is 36.2 Å². The number of methoxy groups -OCH3 is 2. The lowest BCUT2D eigenvalue weighted by atomic mass is 10.0. The van der Waals surface area contributed by atoms with Gasteiger partial charge < -0.3 is 40.3 Å². The second kappa shape index (κ2) is 16.9. The van der Waals surface area contributed by atoms with Crippen LogP contribution in [0.5, 0.6) is 0 Å². The smallest absolute Gasteiger partial charge is 0.407 e. The van der Waals surface area contributed by atoms with Crippen LogP contribution in [0.25, 0.3) is 41.8 Å². The molecule has 293 valence electrons. The number of carbonyl (C=O) groups excluding carboxylic acids is 4. The molecule has 4 aromatic heterocycles. The van der Waals surface area contributed by atoms with Gasteiger partial charge in [0.25, 0.3) is 0 Å². The highest BCUT2D eigenvalue weighted by Gasteiger charge is 2.37. The average Bonchev–Trinajstić information content (AvgIpc) is 3.99. The minimum absolute atomic E-state index is 0.121. The summed E-state index contributed by atoms with van der Waals surface area (Å²) in [6.07, 6.45) is 3.78. The third-order valence-electron chi connectivity index (χ3n) is 9.46. The van der Waals surface area contributed by atoms with Crippen LogP contribution in [-0.4, -0.2) is 100 Å². The first-order valence-corrected chi connectivity index (χ1v) is 22.5. The van der Waals surface area contributed by atoms with E-state index in [1.165, 1.54) is 36.9 Å². The van der Waals surface area contributed by atoms with E-state index in [0.29, 0.717) is 18.2 Å². The fourth-order valence-corrected chi connectivity index (χ4v) is 9.62. The largest absolute Gasteiger partial charge is 0.453 e. The Bertz CT molecular complexity index is 2130. The number of rotatable bonds is 13. The topological polar surface area (TPSA) is 209 Å². The van der Waals surface area contributed by atoms with Gasteiger partial charge in [-0.25, -0.2) is 29.5 Å². The molecule has 5 N–H and O–H groups in total. The molecule has 1 saturated heterocycles. The van der Waals surface area contributed by atoms with Gasteiger partial charge in [-0.05, 0) is 42.9 Å². The summed E-state index contributed by atoms with van der Waals surface area (Å²) in [7, 11) is 1.78. The summed E-state index contributed by atoms with van der Waals surface area (Å²) >= 11 is 3.05. The first-order valence-electron chi connectivity index (χ1n) is 18.2. The van der Waals surface area contributed by atoms with Crippen molar-refractivity contribution >= 4 is 75.9 Å². The van der Waals surface area contributed by atoms with E-state index in [-0.39, 0.29) is 35.7 Å². The molecule has 1 fully saturated rings. The predicted octanol–water partition coefficient (Wildman–Crippen LogP) is 6.02. The molecule has 0 aliphatic carbocycles. The van der Waals surface area contributed by atoms with Gasteiger partial charge >= 0.3 is 12.2 Å². The highest BCUT2D eigenvalue weighted by molar-refractivity contribution is 7.23. The fraction of sp³-hybridized carbons (Fsp3) is 0.500. The molecule has 6 rings (SSSR count). The van der Waals surface area contributed by atoms with Crippen molar-refractivity contribution in [1.82, 2.24) is 50.8 Å². The van der Waals surface area contributed by atoms with Gasteiger partial charge in [0.2, 0.25) is 11.8 Å². The summed E-state index contributed by atoms with van der Waals surface area (Å²) in [6, 6.07) is 2.72. The third-order valence-corrected chi connectivity index (χ3v) is 12.8. The second-order valence-corrected chi connectivity index (χ2v) is 19.5. The number of nitrogens with one attached hydrogen (secondary N) is 5. The van der Waals surface area contributed by atoms with Crippen LogP contribution >= 0.6 is 22.7 Å². The van der Waals surface area contributed by atoms with E-state index in [9.17, 15) is 19.2 Å². The molecule has 0 bridgehead atoms. The zero-order valence-corrected chi connectivity index (χ0v) is 34.7. The molecule has 5 aromatic rings. The molecule has 16 nitrogen and oxygen atoms in total. The number of imidazole rings is 2. The molecule has 4 atom stereocenters. The Kier molecular flexibility index (Phi) is 12.2. The number of benzene rings is 1. The van der Waals surface area contributed by atoms with Crippen molar-refractivity contribution in [2.45, 2.75) is 83.8 Å². The van der Waals surface area contributed by atoms with Crippen LogP contribution in [0.4, 0.5) is 9.59 Å². The summed E-state index contributed by atoms with van der Waals surface area (Å²) in [5, 5.41) is 9.96. The molecule has 1 radical (unpaired) electrons. The standard InChI is InChI=1S/C36H47N10O6S2Si/c1-17(2)27(44-35(49)51-5)31(47)41-23(16-55(7)8)29-37-14-21(39-29)32-42-19-12-26-20(13-25(19)53-32)43-33(54-26)22-15-38-30(40-22)24-10-9-11-46(24)34(48)28(18(3)4)45-36(50)52-6/h12-15,17-18,23-24,27-28H,9-11,16H2,1-8H3,(H,37,39)(H,38,40)(H,41,47)(H,44,49)(H,45,50)/t23-,24?,27-,28-/m0/s1. The molecular formula is C36H47N10O6S2Si. The molecule has 55 heavy (non-hydrogen) atoms. The van der Waals surface area contributed by atoms with Gasteiger partial charge in [0.15, 0.2) is 0 Å². The van der Waals surface area contributed by atoms with Crippen LogP contribution in [0.1, 0.15) is 64.3 Å². The quantitative estimate of drug-likeness (QED) is 0.0874. The summed E-state index contributed by atoms with van der Waals surface area (Å²) in [5.41, 5.74) is 3.16. The first-order chi connectivity index (χ1) is 26.3. The Labute approximate surface area is 328 Å². The number of alkyl carbamates (subject to hydrolysis) is 2. The summed E-state index contributed by atoms with van der Waals surface area (Å²) in [4.78, 5) is 78.5. The number of hydrogen-bond acceptors (Lipinski definition) is 12. The van der Waals surface area contributed by atoms with Crippen molar-refractivity contribution in [2.75, 3.05) is 20.8 Å². The van der Waals surface area contributed by atoms with Crippen LogP contribution in [0.3, 0.4) is 0 Å². The van der Waals surface area contributed by atoms with Gasteiger partial charge in [-0.15, -0.1) is 22.7 Å². The number of likely N-dealkylation sites (tertiary alicyclic amines) is 1. The third kappa shape index (κ3) is 8.83. The highest BCUT2D eigenvalue weighted by atomic mass is 32.1. The Balaban J connectivity index is 1.19. The van der Waals surface area contributed by atoms with Gasteiger partial charge in [0.05, 0.1) is 70.5 Å². The molecule has 1 unspecified atom stereocenters. The number of aromatic amines is 2. The first kappa shape index (κ1) is 39.8. The number of H-pyrrole nitrogens is 2. The summed E-state index contributed by atoms with van der Waals surface area (Å²) < 4.78 is 11.4. The van der Waals surface area contributed by atoms with Gasteiger partial charge in [0, 0.05) is 15.3 Å².